The second kappa shape index (κ2) is 7.23. The minimum Gasteiger partial charge on any atom is -0.481 e. The van der Waals surface area contributed by atoms with Crippen LogP contribution in [0.1, 0.15) is 12.0 Å². The van der Waals surface area contributed by atoms with Gasteiger partial charge in [-0.2, -0.15) is 4.98 Å². The Morgan fingerprint density at radius 3 is 2.54 bits per heavy atom. The number of carboxylic acids is 1. The molecule has 0 atom stereocenters. The first-order valence-electron chi connectivity index (χ1n) is 6.95. The van der Waals surface area contributed by atoms with E-state index in [1.165, 1.54) is 12.1 Å². The summed E-state index contributed by atoms with van der Waals surface area (Å²) >= 11 is 0. The van der Waals surface area contributed by atoms with Gasteiger partial charge in [-0.3, -0.25) is 4.79 Å². The molecule has 0 aliphatic carbocycles. The number of rotatable bonds is 7. The van der Waals surface area contributed by atoms with Crippen molar-refractivity contribution in [3.63, 3.8) is 0 Å². The van der Waals surface area contributed by atoms with Crippen molar-refractivity contribution < 1.29 is 18.3 Å². The summed E-state index contributed by atoms with van der Waals surface area (Å²) in [6.07, 6.45) is 1.57. The zero-order chi connectivity index (χ0) is 17.7. The van der Waals surface area contributed by atoms with Crippen LogP contribution in [-0.4, -0.2) is 36.0 Å². The second-order valence-corrected chi connectivity index (χ2v) is 6.55. The summed E-state index contributed by atoms with van der Waals surface area (Å²) in [7, 11) is -3.74. The molecule has 128 valence electrons. The number of hydrogen-bond acceptors (Lipinski definition) is 7. The van der Waals surface area contributed by atoms with Crippen LogP contribution in [0.5, 0.6) is 0 Å². The smallest absolute Gasteiger partial charge is 0.305 e. The fraction of sp³-hybridized carbons (Fsp3) is 0.214. The highest BCUT2D eigenvalue weighted by molar-refractivity contribution is 7.89. The Morgan fingerprint density at radius 2 is 1.96 bits per heavy atom. The van der Waals surface area contributed by atoms with E-state index in [2.05, 4.69) is 20.6 Å². The van der Waals surface area contributed by atoms with E-state index < -0.39 is 16.0 Å². The molecule has 0 amide bonds. The summed E-state index contributed by atoms with van der Waals surface area (Å²) in [6.45, 7) is 2.05. The third kappa shape index (κ3) is 4.89. The highest BCUT2D eigenvalue weighted by Gasteiger charge is 2.08. The number of anilines is 3. The first-order valence-corrected chi connectivity index (χ1v) is 8.49. The summed E-state index contributed by atoms with van der Waals surface area (Å²) in [4.78, 5) is 18.9. The number of aromatic nitrogens is 2. The summed E-state index contributed by atoms with van der Waals surface area (Å²) < 4.78 is 22.4. The average molecular weight is 351 g/mol. The van der Waals surface area contributed by atoms with Crippen LogP contribution in [0.25, 0.3) is 0 Å². The Balaban J connectivity index is 2.11. The maximum Gasteiger partial charge on any atom is 0.305 e. The minimum atomic E-state index is -3.74. The maximum atomic E-state index is 11.2. The molecule has 0 radical (unpaired) electrons. The predicted octanol–water partition coefficient (Wildman–Crippen LogP) is 1.06. The van der Waals surface area contributed by atoms with Crippen molar-refractivity contribution in [3.8, 4) is 0 Å². The highest BCUT2D eigenvalue weighted by atomic mass is 32.2. The molecule has 2 aromatic rings. The number of benzene rings is 1. The van der Waals surface area contributed by atoms with E-state index in [4.69, 9.17) is 10.2 Å². The monoisotopic (exact) mass is 351 g/mol. The third-order valence-electron chi connectivity index (χ3n) is 3.04. The number of aryl methyl sites for hydroxylation is 1. The number of aliphatic carboxylic acids is 1. The zero-order valence-corrected chi connectivity index (χ0v) is 13.7. The van der Waals surface area contributed by atoms with E-state index in [0.29, 0.717) is 17.5 Å². The number of nitrogens with two attached hydrogens (primary N) is 1. The molecule has 0 spiro atoms. The number of carbonyl (C=O) groups is 1. The molecule has 0 saturated carbocycles. The lowest BCUT2D eigenvalue weighted by Gasteiger charge is -2.10. The van der Waals surface area contributed by atoms with Gasteiger partial charge in [0.2, 0.25) is 16.0 Å². The molecule has 0 saturated heterocycles. The van der Waals surface area contributed by atoms with Crippen LogP contribution in [0.3, 0.4) is 0 Å². The van der Waals surface area contributed by atoms with Crippen molar-refractivity contribution >= 4 is 33.4 Å². The van der Waals surface area contributed by atoms with E-state index in [9.17, 15) is 13.2 Å². The van der Waals surface area contributed by atoms with Crippen LogP contribution < -0.4 is 15.8 Å². The summed E-state index contributed by atoms with van der Waals surface area (Å²) in [5.41, 5.74) is 1.36. The first kappa shape index (κ1) is 17.6. The van der Waals surface area contributed by atoms with Gasteiger partial charge in [0.25, 0.3) is 0 Å². The Labute approximate surface area is 139 Å². The standard InChI is InChI=1S/C14H17N5O4S/c1-9-8-17-14(19-13(9)16-7-6-12(20)21)18-10-2-4-11(5-3-10)24(15,22)23/h2-5,8H,6-7H2,1H3,(H,20,21)(H2,15,22,23)(H2,16,17,18,19). The molecular formula is C14H17N5O4S. The van der Waals surface area contributed by atoms with E-state index >= 15 is 0 Å². The number of nitrogens with zero attached hydrogens (tertiary/aromatic N) is 2. The van der Waals surface area contributed by atoms with E-state index in [-0.39, 0.29) is 17.9 Å². The molecule has 1 aromatic carbocycles. The second-order valence-electron chi connectivity index (χ2n) is 4.99. The molecule has 0 aliphatic rings. The summed E-state index contributed by atoms with van der Waals surface area (Å²) in [5.74, 6) is -0.0841. The topological polar surface area (TPSA) is 147 Å². The van der Waals surface area contributed by atoms with Crippen LogP contribution in [0.2, 0.25) is 0 Å². The number of hydrogen-bond donors (Lipinski definition) is 4. The first-order chi connectivity index (χ1) is 11.3. The predicted molar refractivity (Wildman–Crippen MR) is 88.6 cm³/mol. The summed E-state index contributed by atoms with van der Waals surface area (Å²) in [6, 6.07) is 5.83. The fourth-order valence-electron chi connectivity index (χ4n) is 1.83. The normalized spacial score (nSPS) is 11.1. The van der Waals surface area contributed by atoms with Crippen molar-refractivity contribution in [3.05, 3.63) is 36.0 Å². The van der Waals surface area contributed by atoms with E-state index in [1.54, 1.807) is 25.3 Å². The lowest BCUT2D eigenvalue weighted by atomic mass is 10.3. The molecule has 0 unspecified atom stereocenters. The van der Waals surface area contributed by atoms with Gasteiger partial charge < -0.3 is 15.7 Å². The van der Waals surface area contributed by atoms with Crippen molar-refractivity contribution in [2.75, 3.05) is 17.2 Å². The van der Waals surface area contributed by atoms with Gasteiger partial charge in [0.05, 0.1) is 11.3 Å². The Kier molecular flexibility index (Phi) is 5.31. The molecule has 2 rings (SSSR count). The molecule has 9 nitrogen and oxygen atoms in total. The zero-order valence-electron chi connectivity index (χ0n) is 12.9. The van der Waals surface area contributed by atoms with Gasteiger partial charge in [-0.25, -0.2) is 18.5 Å². The van der Waals surface area contributed by atoms with Crippen molar-refractivity contribution in [2.45, 2.75) is 18.2 Å². The van der Waals surface area contributed by atoms with Gasteiger partial charge in [0.1, 0.15) is 5.82 Å². The lowest BCUT2D eigenvalue weighted by Crippen LogP contribution is -2.12. The average Bonchev–Trinajstić information content (AvgIpc) is 2.50. The number of carboxylic acid groups (broad SMARTS) is 1. The van der Waals surface area contributed by atoms with Gasteiger partial charge in [-0.05, 0) is 31.2 Å². The molecule has 24 heavy (non-hydrogen) atoms. The largest absolute Gasteiger partial charge is 0.481 e. The Hall–Kier alpha value is -2.72. The van der Waals surface area contributed by atoms with Gasteiger partial charge in [0, 0.05) is 24.0 Å². The van der Waals surface area contributed by atoms with Crippen molar-refractivity contribution in [2.24, 2.45) is 5.14 Å². The molecule has 0 bridgehead atoms. The van der Waals surface area contributed by atoms with E-state index in [1.807, 2.05) is 0 Å². The van der Waals surface area contributed by atoms with Crippen LogP contribution in [0, 0.1) is 6.92 Å². The Morgan fingerprint density at radius 1 is 1.29 bits per heavy atom. The number of nitrogens with one attached hydrogen (secondary N) is 2. The number of primary sulfonamides is 1. The van der Waals surface area contributed by atoms with Gasteiger partial charge in [-0.1, -0.05) is 0 Å². The SMILES string of the molecule is Cc1cnc(Nc2ccc(S(N)(=O)=O)cc2)nc1NCCC(=O)O. The molecule has 0 fully saturated rings. The molecule has 5 N–H and O–H groups in total. The van der Waals surface area contributed by atoms with Crippen molar-refractivity contribution in [1.82, 2.24) is 9.97 Å². The molecule has 1 heterocycles. The molecule has 0 aliphatic heterocycles. The molecular weight excluding hydrogens is 334 g/mol. The maximum absolute atomic E-state index is 11.2. The fourth-order valence-corrected chi connectivity index (χ4v) is 2.34. The van der Waals surface area contributed by atoms with Crippen LogP contribution in [0.15, 0.2) is 35.4 Å². The van der Waals surface area contributed by atoms with Gasteiger partial charge in [0.15, 0.2) is 0 Å². The molecule has 1 aromatic heterocycles. The van der Waals surface area contributed by atoms with Crippen LogP contribution in [-0.2, 0) is 14.8 Å². The Bertz CT molecular complexity index is 837. The number of sulfonamides is 1. The van der Waals surface area contributed by atoms with Crippen LogP contribution >= 0.6 is 0 Å². The minimum absolute atomic E-state index is 0.00824. The van der Waals surface area contributed by atoms with Crippen molar-refractivity contribution in [1.29, 1.82) is 0 Å². The highest BCUT2D eigenvalue weighted by Crippen LogP contribution is 2.18. The quantitative estimate of drug-likeness (QED) is 0.579. The third-order valence-corrected chi connectivity index (χ3v) is 3.97. The van der Waals surface area contributed by atoms with E-state index in [0.717, 1.165) is 5.56 Å². The van der Waals surface area contributed by atoms with Gasteiger partial charge in [-0.15, -0.1) is 0 Å². The van der Waals surface area contributed by atoms with Gasteiger partial charge >= 0.3 is 5.97 Å². The molecule has 10 heteroatoms. The van der Waals surface area contributed by atoms with Crippen LogP contribution in [0.4, 0.5) is 17.5 Å². The lowest BCUT2D eigenvalue weighted by molar-refractivity contribution is -0.136. The summed E-state index contributed by atoms with van der Waals surface area (Å²) in [5, 5.41) is 19.6.